The van der Waals surface area contributed by atoms with E-state index in [0.717, 1.165) is 16.8 Å². The molecular weight excluding hydrogens is 262 g/mol. The molecule has 0 unspecified atom stereocenters. The number of aryl methyl sites for hydroxylation is 2. The molecule has 0 heterocycles. The van der Waals surface area contributed by atoms with Gasteiger partial charge < -0.3 is 10.1 Å². The summed E-state index contributed by atoms with van der Waals surface area (Å²) in [5.41, 5.74) is 3.01. The Labute approximate surface area is 126 Å². The van der Waals surface area contributed by atoms with E-state index in [1.807, 2.05) is 69.3 Å². The molecule has 2 aromatic carbocycles. The molecule has 0 aromatic heterocycles. The van der Waals surface area contributed by atoms with E-state index in [2.05, 4.69) is 5.32 Å². The van der Waals surface area contributed by atoms with Crippen molar-refractivity contribution in [3.8, 4) is 5.75 Å². The maximum atomic E-state index is 12.4. The van der Waals surface area contributed by atoms with Gasteiger partial charge in [-0.2, -0.15) is 0 Å². The topological polar surface area (TPSA) is 38.3 Å². The van der Waals surface area contributed by atoms with Crippen molar-refractivity contribution in [3.63, 3.8) is 0 Å². The molecule has 0 saturated carbocycles. The number of carbonyl (C=O) groups excluding carboxylic acids is 1. The highest BCUT2D eigenvalue weighted by Gasteiger charge is 2.19. The number of hydrogen-bond donors (Lipinski definition) is 1. The molecule has 3 nitrogen and oxygen atoms in total. The quantitative estimate of drug-likeness (QED) is 0.897. The summed E-state index contributed by atoms with van der Waals surface area (Å²) in [5.74, 6) is 0.593. The van der Waals surface area contributed by atoms with E-state index >= 15 is 0 Å². The van der Waals surface area contributed by atoms with Crippen LogP contribution in [-0.4, -0.2) is 12.0 Å². The highest BCUT2D eigenvalue weighted by molar-refractivity contribution is 5.95. The van der Waals surface area contributed by atoms with E-state index in [1.54, 1.807) is 0 Å². The number of amides is 1. The average molecular weight is 283 g/mol. The second-order valence-corrected chi connectivity index (χ2v) is 5.14. The molecule has 1 N–H and O–H groups in total. The molecule has 3 heteroatoms. The molecule has 0 fully saturated rings. The van der Waals surface area contributed by atoms with Gasteiger partial charge in [0.15, 0.2) is 6.10 Å². The molecule has 0 aliphatic rings. The highest BCUT2D eigenvalue weighted by Crippen LogP contribution is 2.18. The van der Waals surface area contributed by atoms with Gasteiger partial charge in [-0.25, -0.2) is 0 Å². The second kappa shape index (κ2) is 6.93. The van der Waals surface area contributed by atoms with Crippen LogP contribution in [0.25, 0.3) is 0 Å². The smallest absolute Gasteiger partial charge is 0.265 e. The number of benzene rings is 2. The van der Waals surface area contributed by atoms with Crippen LogP contribution in [0.1, 0.15) is 24.5 Å². The van der Waals surface area contributed by atoms with Crippen molar-refractivity contribution in [2.24, 2.45) is 0 Å². The highest BCUT2D eigenvalue weighted by atomic mass is 16.5. The van der Waals surface area contributed by atoms with Crippen molar-refractivity contribution in [2.75, 3.05) is 5.32 Å². The normalized spacial score (nSPS) is 11.8. The van der Waals surface area contributed by atoms with E-state index in [9.17, 15) is 4.79 Å². The van der Waals surface area contributed by atoms with Crippen LogP contribution in [0, 0.1) is 13.8 Å². The van der Waals surface area contributed by atoms with E-state index in [1.165, 1.54) is 0 Å². The summed E-state index contributed by atoms with van der Waals surface area (Å²) in [4.78, 5) is 12.4. The lowest BCUT2D eigenvalue weighted by molar-refractivity contribution is -0.122. The van der Waals surface area contributed by atoms with Crippen molar-refractivity contribution in [3.05, 3.63) is 59.7 Å². The largest absolute Gasteiger partial charge is 0.481 e. The van der Waals surface area contributed by atoms with Gasteiger partial charge in [-0.05, 0) is 49.6 Å². The lowest BCUT2D eigenvalue weighted by atomic mass is 10.1. The van der Waals surface area contributed by atoms with Gasteiger partial charge in [-0.3, -0.25) is 4.79 Å². The van der Waals surface area contributed by atoms with E-state index in [4.69, 9.17) is 4.74 Å². The standard InChI is InChI=1S/C18H21NO2/c1-4-17(21-15-8-6-5-7-9-15)18(20)19-16-12-13(2)10-11-14(16)3/h5-12,17H,4H2,1-3H3,(H,19,20)/t17-/m0/s1. The summed E-state index contributed by atoms with van der Waals surface area (Å²) in [6.07, 6.45) is 0.123. The van der Waals surface area contributed by atoms with Gasteiger partial charge in [0.1, 0.15) is 5.75 Å². The molecule has 0 spiro atoms. The van der Waals surface area contributed by atoms with Crippen molar-refractivity contribution >= 4 is 11.6 Å². The Balaban J connectivity index is 2.08. The summed E-state index contributed by atoms with van der Waals surface area (Å²) in [5, 5.41) is 2.96. The molecule has 0 saturated heterocycles. The summed E-state index contributed by atoms with van der Waals surface area (Å²) < 4.78 is 5.76. The first-order chi connectivity index (χ1) is 10.1. The first kappa shape index (κ1) is 15.1. The Morgan fingerprint density at radius 1 is 1.14 bits per heavy atom. The Morgan fingerprint density at radius 3 is 2.52 bits per heavy atom. The number of ether oxygens (including phenoxy) is 1. The summed E-state index contributed by atoms with van der Waals surface area (Å²) in [6.45, 7) is 5.93. The number of anilines is 1. The van der Waals surface area contributed by atoms with Crippen molar-refractivity contribution in [1.29, 1.82) is 0 Å². The molecule has 21 heavy (non-hydrogen) atoms. The van der Waals surface area contributed by atoms with Crippen molar-refractivity contribution < 1.29 is 9.53 Å². The fraction of sp³-hybridized carbons (Fsp3) is 0.278. The van der Waals surface area contributed by atoms with E-state index in [-0.39, 0.29) is 5.91 Å². The van der Waals surface area contributed by atoms with Crippen molar-refractivity contribution in [2.45, 2.75) is 33.3 Å². The van der Waals surface area contributed by atoms with Crippen LogP contribution in [0.2, 0.25) is 0 Å². The summed E-state index contributed by atoms with van der Waals surface area (Å²) in [7, 11) is 0. The maximum Gasteiger partial charge on any atom is 0.265 e. The van der Waals surface area contributed by atoms with Gasteiger partial charge in [0, 0.05) is 5.69 Å². The van der Waals surface area contributed by atoms with Gasteiger partial charge in [-0.15, -0.1) is 0 Å². The van der Waals surface area contributed by atoms with Gasteiger partial charge in [0.2, 0.25) is 0 Å². The van der Waals surface area contributed by atoms with Crippen LogP contribution >= 0.6 is 0 Å². The zero-order chi connectivity index (χ0) is 15.2. The van der Waals surface area contributed by atoms with E-state index < -0.39 is 6.10 Å². The third-order valence-corrected chi connectivity index (χ3v) is 3.34. The van der Waals surface area contributed by atoms with Crippen molar-refractivity contribution in [1.82, 2.24) is 0 Å². The predicted octanol–water partition coefficient (Wildman–Crippen LogP) is 4.10. The molecule has 2 rings (SSSR count). The molecule has 0 aliphatic carbocycles. The SMILES string of the molecule is CC[C@H](Oc1ccccc1)C(=O)Nc1cc(C)ccc1C. The Hall–Kier alpha value is -2.29. The van der Waals surface area contributed by atoms with Gasteiger partial charge >= 0.3 is 0 Å². The monoisotopic (exact) mass is 283 g/mol. The number of carbonyl (C=O) groups is 1. The molecule has 1 atom stereocenters. The van der Waals surface area contributed by atoms with Crippen LogP contribution in [0.5, 0.6) is 5.75 Å². The number of rotatable bonds is 5. The summed E-state index contributed by atoms with van der Waals surface area (Å²) in [6, 6.07) is 15.4. The van der Waals surface area contributed by atoms with Crippen LogP contribution in [0.4, 0.5) is 5.69 Å². The minimum atomic E-state index is -0.493. The Bertz CT molecular complexity index is 608. The van der Waals surface area contributed by atoms with Crippen LogP contribution in [0.3, 0.4) is 0 Å². The average Bonchev–Trinajstić information content (AvgIpc) is 2.49. The minimum absolute atomic E-state index is 0.116. The van der Waals surface area contributed by atoms with Crippen LogP contribution in [0.15, 0.2) is 48.5 Å². The predicted molar refractivity (Wildman–Crippen MR) is 85.7 cm³/mol. The molecule has 0 aliphatic heterocycles. The molecule has 1 amide bonds. The first-order valence-corrected chi connectivity index (χ1v) is 7.20. The zero-order valence-corrected chi connectivity index (χ0v) is 12.7. The molecule has 0 radical (unpaired) electrons. The number of nitrogens with one attached hydrogen (secondary N) is 1. The van der Waals surface area contributed by atoms with E-state index in [0.29, 0.717) is 12.2 Å². The Morgan fingerprint density at radius 2 is 1.86 bits per heavy atom. The Kier molecular flexibility index (Phi) is 4.99. The molecule has 110 valence electrons. The minimum Gasteiger partial charge on any atom is -0.481 e. The lowest BCUT2D eigenvalue weighted by Gasteiger charge is -2.18. The first-order valence-electron chi connectivity index (χ1n) is 7.20. The molecule has 0 bridgehead atoms. The van der Waals surface area contributed by atoms with Crippen LogP contribution in [-0.2, 0) is 4.79 Å². The van der Waals surface area contributed by atoms with Gasteiger partial charge in [-0.1, -0.05) is 37.3 Å². The third-order valence-electron chi connectivity index (χ3n) is 3.34. The van der Waals surface area contributed by atoms with Gasteiger partial charge in [0.05, 0.1) is 0 Å². The summed E-state index contributed by atoms with van der Waals surface area (Å²) >= 11 is 0. The zero-order valence-electron chi connectivity index (χ0n) is 12.7. The fourth-order valence-electron chi connectivity index (χ4n) is 2.07. The number of hydrogen-bond acceptors (Lipinski definition) is 2. The lowest BCUT2D eigenvalue weighted by Crippen LogP contribution is -2.32. The number of para-hydroxylation sites is 1. The molecular formula is C18H21NO2. The van der Waals surface area contributed by atoms with Gasteiger partial charge in [0.25, 0.3) is 5.91 Å². The second-order valence-electron chi connectivity index (χ2n) is 5.14. The molecule has 2 aromatic rings. The fourth-order valence-corrected chi connectivity index (χ4v) is 2.07. The van der Waals surface area contributed by atoms with Crippen LogP contribution < -0.4 is 10.1 Å². The maximum absolute atomic E-state index is 12.4. The third kappa shape index (κ3) is 4.09.